The molecule has 0 aliphatic heterocycles. The van der Waals surface area contributed by atoms with Crippen molar-refractivity contribution in [2.75, 3.05) is 0 Å². The summed E-state index contributed by atoms with van der Waals surface area (Å²) in [5.41, 5.74) is -2.51. The molecule has 0 aliphatic carbocycles. The van der Waals surface area contributed by atoms with Crippen LogP contribution in [0.25, 0.3) is 0 Å². The van der Waals surface area contributed by atoms with Crippen LogP contribution in [-0.4, -0.2) is 4.98 Å². The van der Waals surface area contributed by atoms with E-state index in [-0.39, 0.29) is 9.80 Å². The molecule has 0 aromatic carbocycles. The van der Waals surface area contributed by atoms with Gasteiger partial charge in [-0.1, -0.05) is 15.9 Å². The maximum atomic E-state index is 12.6. The van der Waals surface area contributed by atoms with Crippen molar-refractivity contribution in [1.82, 2.24) is 4.98 Å². The van der Waals surface area contributed by atoms with Crippen molar-refractivity contribution in [3.8, 4) is 0 Å². The molecule has 1 aromatic heterocycles. The number of halogens is 7. The monoisotopic (exact) mass is 367 g/mol. The van der Waals surface area contributed by atoms with Gasteiger partial charge in [-0.2, -0.15) is 13.2 Å². The highest BCUT2D eigenvalue weighted by atomic mass is 79.9. The third-order valence-corrected chi connectivity index (χ3v) is 2.99. The summed E-state index contributed by atoms with van der Waals surface area (Å²) in [4.78, 5) is 3.13. The summed E-state index contributed by atoms with van der Waals surface area (Å²) in [5.74, 6) is 0. The molecule has 0 N–H and O–H groups in total. The van der Waals surface area contributed by atoms with Crippen molar-refractivity contribution in [2.45, 2.75) is 17.9 Å². The molecule has 1 aromatic rings. The average molecular weight is 369 g/mol. The second kappa shape index (κ2) is 4.95. The van der Waals surface area contributed by atoms with Gasteiger partial charge in [0.05, 0.1) is 0 Å². The SMILES string of the molecule is FC(F)c1c(Br)cnc(C(F)(F)F)c1CBr. The van der Waals surface area contributed by atoms with Crippen LogP contribution in [0.4, 0.5) is 22.0 Å². The second-order valence-corrected chi connectivity index (χ2v) is 4.19. The number of hydrogen-bond donors (Lipinski definition) is 0. The summed E-state index contributed by atoms with van der Waals surface area (Å²) in [6, 6.07) is 0. The van der Waals surface area contributed by atoms with Crippen LogP contribution in [-0.2, 0) is 11.5 Å². The van der Waals surface area contributed by atoms with E-state index in [1.165, 1.54) is 0 Å². The summed E-state index contributed by atoms with van der Waals surface area (Å²) in [7, 11) is 0. The first-order chi connectivity index (χ1) is 7.29. The van der Waals surface area contributed by atoms with Gasteiger partial charge < -0.3 is 0 Å². The number of rotatable bonds is 2. The molecule has 16 heavy (non-hydrogen) atoms. The molecule has 0 saturated heterocycles. The fourth-order valence-corrected chi connectivity index (χ4v) is 2.24. The predicted molar refractivity (Wildman–Crippen MR) is 54.5 cm³/mol. The molecule has 1 heterocycles. The number of hydrogen-bond acceptors (Lipinski definition) is 1. The van der Waals surface area contributed by atoms with Crippen LogP contribution in [0.5, 0.6) is 0 Å². The van der Waals surface area contributed by atoms with E-state index in [0.29, 0.717) is 0 Å². The van der Waals surface area contributed by atoms with Gasteiger partial charge in [0.15, 0.2) is 0 Å². The van der Waals surface area contributed by atoms with Crippen LogP contribution < -0.4 is 0 Å². The Hall–Kier alpha value is -0.240. The number of nitrogens with zero attached hydrogens (tertiary/aromatic N) is 1. The third-order valence-electron chi connectivity index (χ3n) is 1.80. The quantitative estimate of drug-likeness (QED) is 0.545. The smallest absolute Gasteiger partial charge is 0.250 e. The highest BCUT2D eigenvalue weighted by Gasteiger charge is 2.37. The molecule has 0 fully saturated rings. The van der Waals surface area contributed by atoms with Crippen LogP contribution in [0.2, 0.25) is 0 Å². The Labute approximate surface area is 104 Å². The van der Waals surface area contributed by atoms with E-state index < -0.39 is 29.4 Å². The van der Waals surface area contributed by atoms with Gasteiger partial charge in [0.2, 0.25) is 0 Å². The van der Waals surface area contributed by atoms with Crippen molar-refractivity contribution in [3.63, 3.8) is 0 Å². The molecule has 0 saturated carbocycles. The Morgan fingerprint density at radius 3 is 2.25 bits per heavy atom. The molecule has 0 amide bonds. The maximum absolute atomic E-state index is 12.6. The molecule has 1 nitrogen and oxygen atoms in total. The highest BCUT2D eigenvalue weighted by Crippen LogP contribution is 2.38. The van der Waals surface area contributed by atoms with E-state index in [0.717, 1.165) is 6.20 Å². The minimum absolute atomic E-state index is 0.134. The van der Waals surface area contributed by atoms with Gasteiger partial charge in [0.25, 0.3) is 6.43 Å². The molecule has 0 spiro atoms. The van der Waals surface area contributed by atoms with Gasteiger partial charge in [-0.3, -0.25) is 4.98 Å². The molecule has 0 atom stereocenters. The van der Waals surface area contributed by atoms with E-state index in [9.17, 15) is 22.0 Å². The summed E-state index contributed by atoms with van der Waals surface area (Å²) >= 11 is 5.52. The second-order valence-electron chi connectivity index (χ2n) is 2.78. The standard InChI is InChI=1S/C8H4Br2F5N/c9-1-3-5(7(11)12)4(10)2-16-6(3)8(13,14)15/h2,7H,1H2. The lowest BCUT2D eigenvalue weighted by Crippen LogP contribution is -2.14. The predicted octanol–water partition coefficient (Wildman–Crippen LogP) is 4.70. The van der Waals surface area contributed by atoms with Crippen LogP contribution in [0.1, 0.15) is 23.2 Å². The molecular formula is C8H4Br2F5N. The van der Waals surface area contributed by atoms with E-state index in [2.05, 4.69) is 36.8 Å². The first kappa shape index (κ1) is 13.8. The summed E-state index contributed by atoms with van der Waals surface area (Å²) in [6.45, 7) is 0. The lowest BCUT2D eigenvalue weighted by molar-refractivity contribution is -0.141. The van der Waals surface area contributed by atoms with Crippen LogP contribution in [0.15, 0.2) is 10.7 Å². The molecule has 0 aliphatic rings. The summed E-state index contributed by atoms with van der Waals surface area (Å²) < 4.78 is 62.5. The van der Waals surface area contributed by atoms with Gasteiger partial charge in [-0.25, -0.2) is 8.78 Å². The minimum Gasteiger partial charge on any atom is -0.250 e. The van der Waals surface area contributed by atoms with E-state index in [1.54, 1.807) is 0 Å². The van der Waals surface area contributed by atoms with Crippen molar-refractivity contribution in [2.24, 2.45) is 0 Å². The summed E-state index contributed by atoms with van der Waals surface area (Å²) in [5, 5.41) is -0.339. The van der Waals surface area contributed by atoms with Crippen molar-refractivity contribution in [1.29, 1.82) is 0 Å². The van der Waals surface area contributed by atoms with Gasteiger partial charge in [-0.05, 0) is 15.9 Å². The molecule has 0 radical (unpaired) electrons. The Bertz CT molecular complexity index is 391. The number of aromatic nitrogens is 1. The zero-order chi connectivity index (χ0) is 12.5. The van der Waals surface area contributed by atoms with Crippen molar-refractivity contribution < 1.29 is 22.0 Å². The summed E-state index contributed by atoms with van der Waals surface area (Å²) in [6.07, 6.45) is -7.00. The fourth-order valence-electron chi connectivity index (χ4n) is 1.16. The third kappa shape index (κ3) is 2.71. The lowest BCUT2D eigenvalue weighted by Gasteiger charge is -2.15. The molecular weight excluding hydrogens is 365 g/mol. The van der Waals surface area contributed by atoms with Crippen molar-refractivity contribution >= 4 is 31.9 Å². The highest BCUT2D eigenvalue weighted by molar-refractivity contribution is 9.10. The van der Waals surface area contributed by atoms with Gasteiger partial charge >= 0.3 is 6.18 Å². The Balaban J connectivity index is 3.49. The van der Waals surface area contributed by atoms with E-state index >= 15 is 0 Å². The Morgan fingerprint density at radius 2 is 1.88 bits per heavy atom. The zero-order valence-corrected chi connectivity index (χ0v) is 10.6. The average Bonchev–Trinajstić information content (AvgIpc) is 2.14. The Morgan fingerprint density at radius 1 is 1.31 bits per heavy atom. The topological polar surface area (TPSA) is 12.9 Å². The largest absolute Gasteiger partial charge is 0.433 e. The number of pyridine rings is 1. The fraction of sp³-hybridized carbons (Fsp3) is 0.375. The molecule has 1 rings (SSSR count). The molecule has 0 unspecified atom stereocenters. The maximum Gasteiger partial charge on any atom is 0.433 e. The molecule has 8 heteroatoms. The normalized spacial score (nSPS) is 12.2. The van der Waals surface area contributed by atoms with E-state index in [4.69, 9.17) is 0 Å². The van der Waals surface area contributed by atoms with E-state index in [1.807, 2.05) is 0 Å². The van der Waals surface area contributed by atoms with Crippen LogP contribution in [0, 0.1) is 0 Å². The van der Waals surface area contributed by atoms with Gasteiger partial charge in [-0.15, -0.1) is 0 Å². The Kier molecular flexibility index (Phi) is 4.28. The van der Waals surface area contributed by atoms with Gasteiger partial charge in [0.1, 0.15) is 5.69 Å². The zero-order valence-electron chi connectivity index (χ0n) is 7.45. The van der Waals surface area contributed by atoms with Crippen LogP contribution >= 0.6 is 31.9 Å². The first-order valence-electron chi connectivity index (χ1n) is 3.87. The number of alkyl halides is 6. The lowest BCUT2D eigenvalue weighted by atomic mass is 10.1. The van der Waals surface area contributed by atoms with Crippen molar-refractivity contribution in [3.05, 3.63) is 27.5 Å². The molecule has 90 valence electrons. The van der Waals surface area contributed by atoms with Crippen LogP contribution in [0.3, 0.4) is 0 Å². The van der Waals surface area contributed by atoms with Gasteiger partial charge in [0, 0.05) is 27.1 Å². The minimum atomic E-state index is -4.74. The first-order valence-corrected chi connectivity index (χ1v) is 5.79. The molecule has 0 bridgehead atoms.